The minimum Gasteiger partial charge on any atom is -0.321 e. The van der Waals surface area contributed by atoms with Gasteiger partial charge in [0.1, 0.15) is 0 Å². The van der Waals surface area contributed by atoms with Gasteiger partial charge < -0.3 is 10.2 Å². The summed E-state index contributed by atoms with van der Waals surface area (Å²) in [4.78, 5) is 40.5. The molecule has 0 saturated carbocycles. The van der Waals surface area contributed by atoms with Crippen LogP contribution in [0.1, 0.15) is 43.6 Å². The van der Waals surface area contributed by atoms with Crippen LogP contribution < -0.4 is 10.2 Å². The lowest BCUT2D eigenvalue weighted by molar-refractivity contribution is 0.0993. The Balaban J connectivity index is 1.69. The molecule has 0 aliphatic rings. The van der Waals surface area contributed by atoms with Gasteiger partial charge in [-0.25, -0.2) is 0 Å². The number of Topliss-reactive ketones (excluding diaryl/α,β-unsaturated/α-hetero) is 1. The van der Waals surface area contributed by atoms with Crippen molar-refractivity contribution < 1.29 is 14.4 Å². The van der Waals surface area contributed by atoms with Crippen LogP contribution in [-0.2, 0) is 0 Å². The van der Waals surface area contributed by atoms with Crippen LogP contribution in [0.25, 0.3) is 11.1 Å². The molecule has 1 N–H and O–H groups in total. The second-order valence-corrected chi connectivity index (χ2v) is 8.30. The van der Waals surface area contributed by atoms with E-state index in [1.807, 2.05) is 55.5 Å². The Morgan fingerprint density at radius 2 is 1.34 bits per heavy atom. The third-order valence-corrected chi connectivity index (χ3v) is 5.94. The first kappa shape index (κ1) is 23.6. The average molecular weight is 463 g/mol. The van der Waals surface area contributed by atoms with Gasteiger partial charge in [-0.15, -0.1) is 0 Å². The van der Waals surface area contributed by atoms with Crippen LogP contribution in [0.3, 0.4) is 0 Å². The van der Waals surface area contributed by atoms with Crippen LogP contribution >= 0.6 is 0 Å². The van der Waals surface area contributed by atoms with Crippen molar-refractivity contribution in [3.63, 3.8) is 0 Å². The smallest absolute Gasteiger partial charge is 0.260 e. The van der Waals surface area contributed by atoms with E-state index in [2.05, 4.69) is 5.32 Å². The highest BCUT2D eigenvalue weighted by Crippen LogP contribution is 2.29. The Morgan fingerprint density at radius 1 is 0.714 bits per heavy atom. The molecule has 0 spiro atoms. The van der Waals surface area contributed by atoms with Gasteiger partial charge in [-0.1, -0.05) is 72.8 Å². The maximum atomic E-state index is 13.5. The van der Waals surface area contributed by atoms with Crippen LogP contribution in [0.4, 0.5) is 11.4 Å². The average Bonchev–Trinajstić information content (AvgIpc) is 2.88. The molecule has 5 heteroatoms. The van der Waals surface area contributed by atoms with E-state index in [9.17, 15) is 14.4 Å². The zero-order valence-electron chi connectivity index (χ0n) is 19.9. The predicted molar refractivity (Wildman–Crippen MR) is 140 cm³/mol. The van der Waals surface area contributed by atoms with Crippen LogP contribution in [-0.4, -0.2) is 24.6 Å². The number of carbonyl (C=O) groups is 3. The number of rotatable bonds is 6. The maximum absolute atomic E-state index is 13.5. The lowest BCUT2D eigenvalue weighted by Gasteiger charge is -2.22. The number of amides is 2. The van der Waals surface area contributed by atoms with E-state index in [-0.39, 0.29) is 17.6 Å². The van der Waals surface area contributed by atoms with Crippen molar-refractivity contribution in [2.24, 2.45) is 0 Å². The fraction of sp³-hybridized carbons (Fsp3) is 0.100. The van der Waals surface area contributed by atoms with Crippen molar-refractivity contribution in [3.8, 4) is 11.1 Å². The van der Waals surface area contributed by atoms with Gasteiger partial charge in [-0.05, 0) is 54.8 Å². The molecule has 174 valence electrons. The molecule has 4 aromatic carbocycles. The summed E-state index contributed by atoms with van der Waals surface area (Å²) in [6, 6.07) is 29.3. The predicted octanol–water partition coefficient (Wildman–Crippen LogP) is 6.39. The molecule has 0 aliphatic carbocycles. The van der Waals surface area contributed by atoms with Gasteiger partial charge in [0, 0.05) is 12.6 Å². The van der Waals surface area contributed by atoms with Gasteiger partial charge in [0.2, 0.25) is 0 Å². The molecule has 0 fully saturated rings. The lowest BCUT2D eigenvalue weighted by Crippen LogP contribution is -2.29. The Bertz CT molecular complexity index is 1410. The molecule has 0 unspecified atom stereocenters. The van der Waals surface area contributed by atoms with Crippen LogP contribution in [0.2, 0.25) is 0 Å². The second kappa shape index (κ2) is 10.2. The highest BCUT2D eigenvalue weighted by molar-refractivity contribution is 6.16. The second-order valence-electron chi connectivity index (χ2n) is 8.30. The highest BCUT2D eigenvalue weighted by atomic mass is 16.2. The molecule has 35 heavy (non-hydrogen) atoms. The van der Waals surface area contributed by atoms with Gasteiger partial charge in [0.15, 0.2) is 5.78 Å². The SMILES string of the molecule is CC(=O)c1ccccc1N(C)C(=O)c1ccccc1NC(=O)c1c(C)cccc1-c1ccccc1. The Kier molecular flexibility index (Phi) is 6.88. The number of hydrogen-bond donors (Lipinski definition) is 1. The van der Waals surface area contributed by atoms with Crippen molar-refractivity contribution in [1.29, 1.82) is 0 Å². The van der Waals surface area contributed by atoms with Crippen molar-refractivity contribution in [2.75, 3.05) is 17.3 Å². The molecule has 0 atom stereocenters. The number of nitrogens with zero attached hydrogens (tertiary/aromatic N) is 1. The largest absolute Gasteiger partial charge is 0.321 e. The first-order valence-corrected chi connectivity index (χ1v) is 11.3. The topological polar surface area (TPSA) is 66.5 Å². The molecule has 0 saturated heterocycles. The molecule has 4 aromatic rings. The zero-order chi connectivity index (χ0) is 24.9. The number of ketones is 1. The maximum Gasteiger partial charge on any atom is 0.260 e. The monoisotopic (exact) mass is 462 g/mol. The lowest BCUT2D eigenvalue weighted by atomic mass is 9.95. The van der Waals surface area contributed by atoms with Crippen molar-refractivity contribution in [2.45, 2.75) is 13.8 Å². The van der Waals surface area contributed by atoms with Crippen LogP contribution in [0.5, 0.6) is 0 Å². The first-order valence-electron chi connectivity index (χ1n) is 11.3. The van der Waals surface area contributed by atoms with Crippen molar-refractivity contribution >= 4 is 29.0 Å². The van der Waals surface area contributed by atoms with E-state index in [1.54, 1.807) is 55.6 Å². The zero-order valence-corrected chi connectivity index (χ0v) is 19.9. The molecular weight excluding hydrogens is 436 g/mol. The van der Waals surface area contributed by atoms with E-state index < -0.39 is 0 Å². The minimum absolute atomic E-state index is 0.130. The van der Waals surface area contributed by atoms with E-state index in [0.29, 0.717) is 28.1 Å². The summed E-state index contributed by atoms with van der Waals surface area (Å²) < 4.78 is 0. The third-order valence-electron chi connectivity index (χ3n) is 5.94. The third kappa shape index (κ3) is 4.89. The summed E-state index contributed by atoms with van der Waals surface area (Å²) in [5, 5.41) is 2.95. The Hall–Kier alpha value is -4.51. The first-order chi connectivity index (χ1) is 16.9. The molecule has 2 amide bonds. The summed E-state index contributed by atoms with van der Waals surface area (Å²) in [5.41, 5.74) is 4.84. The number of benzene rings is 4. The van der Waals surface area contributed by atoms with E-state index in [1.165, 1.54) is 11.8 Å². The fourth-order valence-corrected chi connectivity index (χ4v) is 4.14. The molecule has 4 rings (SSSR count). The number of para-hydroxylation sites is 2. The number of carbonyl (C=O) groups excluding carboxylic acids is 3. The number of hydrogen-bond acceptors (Lipinski definition) is 3. The number of aryl methyl sites for hydroxylation is 1. The van der Waals surface area contributed by atoms with Crippen molar-refractivity contribution in [1.82, 2.24) is 0 Å². The normalized spacial score (nSPS) is 10.5. The molecule has 0 heterocycles. The summed E-state index contributed by atoms with van der Waals surface area (Å²) in [6.07, 6.45) is 0. The molecule has 0 aliphatic heterocycles. The standard InChI is InChI=1S/C30H26N2O3/c1-20-12-11-17-24(22-13-5-4-6-14-22)28(20)29(34)31-26-18-9-7-16-25(26)30(35)32(3)27-19-10-8-15-23(27)21(2)33/h4-19H,1-3H3,(H,31,34). The molecule has 0 bridgehead atoms. The molecule has 0 radical (unpaired) electrons. The van der Waals surface area contributed by atoms with Gasteiger partial charge in [-0.2, -0.15) is 0 Å². The number of anilines is 2. The minimum atomic E-state index is -0.331. The Labute approximate surface area is 205 Å². The fourth-order valence-electron chi connectivity index (χ4n) is 4.14. The van der Waals surface area contributed by atoms with Gasteiger partial charge in [0.25, 0.3) is 11.8 Å². The van der Waals surface area contributed by atoms with E-state index in [4.69, 9.17) is 0 Å². The summed E-state index contributed by atoms with van der Waals surface area (Å²) >= 11 is 0. The Morgan fingerprint density at radius 3 is 2.06 bits per heavy atom. The summed E-state index contributed by atoms with van der Waals surface area (Å²) in [5.74, 6) is -0.758. The number of nitrogens with one attached hydrogen (secondary N) is 1. The quantitative estimate of drug-likeness (QED) is 0.338. The van der Waals surface area contributed by atoms with Crippen LogP contribution in [0.15, 0.2) is 97.1 Å². The molecular formula is C30H26N2O3. The molecule has 0 aromatic heterocycles. The van der Waals surface area contributed by atoms with E-state index in [0.717, 1.165) is 16.7 Å². The van der Waals surface area contributed by atoms with Crippen molar-refractivity contribution in [3.05, 3.63) is 119 Å². The van der Waals surface area contributed by atoms with Gasteiger partial charge in [0.05, 0.1) is 22.5 Å². The van der Waals surface area contributed by atoms with Gasteiger partial charge >= 0.3 is 0 Å². The summed E-state index contributed by atoms with van der Waals surface area (Å²) in [7, 11) is 1.62. The highest BCUT2D eigenvalue weighted by Gasteiger charge is 2.22. The van der Waals surface area contributed by atoms with E-state index >= 15 is 0 Å². The van der Waals surface area contributed by atoms with Gasteiger partial charge in [-0.3, -0.25) is 14.4 Å². The summed E-state index contributed by atoms with van der Waals surface area (Å²) in [6.45, 7) is 3.36. The van der Waals surface area contributed by atoms with Crippen LogP contribution in [0, 0.1) is 6.92 Å². The molecule has 5 nitrogen and oxygen atoms in total.